The highest BCUT2D eigenvalue weighted by Crippen LogP contribution is 2.38. The summed E-state index contributed by atoms with van der Waals surface area (Å²) in [6.07, 6.45) is 6.32. The molecule has 0 bridgehead atoms. The fraction of sp³-hybridized carbons (Fsp3) is 0.500. The number of rotatable bonds is 4. The second kappa shape index (κ2) is 3.87. The molecule has 1 saturated carbocycles. The van der Waals surface area contributed by atoms with Crippen molar-refractivity contribution in [1.29, 1.82) is 0 Å². The first-order chi connectivity index (χ1) is 7.90. The van der Waals surface area contributed by atoms with E-state index in [-0.39, 0.29) is 0 Å². The van der Waals surface area contributed by atoms with E-state index in [2.05, 4.69) is 14.5 Å². The van der Waals surface area contributed by atoms with Gasteiger partial charge in [-0.3, -0.25) is 0 Å². The Balaban J connectivity index is 2.07. The third-order valence-corrected chi connectivity index (χ3v) is 3.04. The van der Waals surface area contributed by atoms with Gasteiger partial charge in [-0.05, 0) is 37.9 Å². The van der Waals surface area contributed by atoms with Crippen LogP contribution in [0.2, 0.25) is 0 Å². The lowest BCUT2D eigenvalue weighted by atomic mass is 10.3. The number of imidazole rings is 1. The van der Waals surface area contributed by atoms with Crippen LogP contribution in [0.25, 0.3) is 11.2 Å². The smallest absolute Gasteiger partial charge is 0.160 e. The van der Waals surface area contributed by atoms with Crippen LogP contribution in [0.4, 0.5) is 0 Å². The van der Waals surface area contributed by atoms with Crippen LogP contribution in [0.5, 0.6) is 0 Å². The summed E-state index contributed by atoms with van der Waals surface area (Å²) in [6, 6.07) is 4.61. The molecule has 1 aliphatic rings. The summed E-state index contributed by atoms with van der Waals surface area (Å²) in [7, 11) is 0. The predicted molar refractivity (Wildman–Crippen MR) is 63.2 cm³/mol. The monoisotopic (exact) mass is 216 g/mol. The maximum atomic E-state index is 5.56. The third kappa shape index (κ3) is 1.59. The van der Waals surface area contributed by atoms with E-state index in [0.29, 0.717) is 6.04 Å². The Hall–Kier alpha value is -1.42. The molecule has 4 nitrogen and oxygen atoms in total. The average Bonchev–Trinajstić information content (AvgIpc) is 3.07. The van der Waals surface area contributed by atoms with Gasteiger partial charge >= 0.3 is 0 Å². The van der Waals surface area contributed by atoms with Crippen LogP contribution < -0.4 is 5.73 Å². The van der Waals surface area contributed by atoms with E-state index in [9.17, 15) is 0 Å². The lowest BCUT2D eigenvalue weighted by Gasteiger charge is -2.05. The van der Waals surface area contributed by atoms with Gasteiger partial charge in [0.2, 0.25) is 0 Å². The molecule has 4 heteroatoms. The second-order valence-corrected chi connectivity index (χ2v) is 4.37. The zero-order valence-electron chi connectivity index (χ0n) is 9.26. The van der Waals surface area contributed by atoms with Crippen LogP contribution in [-0.4, -0.2) is 21.1 Å². The Kier molecular flexibility index (Phi) is 2.36. The van der Waals surface area contributed by atoms with Crippen molar-refractivity contribution in [3.05, 3.63) is 24.2 Å². The fourth-order valence-corrected chi connectivity index (χ4v) is 2.13. The van der Waals surface area contributed by atoms with Crippen molar-refractivity contribution in [1.82, 2.24) is 14.5 Å². The number of aromatic nitrogens is 3. The van der Waals surface area contributed by atoms with E-state index in [0.717, 1.165) is 36.4 Å². The quantitative estimate of drug-likeness (QED) is 0.845. The van der Waals surface area contributed by atoms with E-state index >= 15 is 0 Å². The first-order valence-electron chi connectivity index (χ1n) is 5.92. The Bertz CT molecular complexity index is 499. The van der Waals surface area contributed by atoms with Crippen molar-refractivity contribution in [3.8, 4) is 0 Å². The summed E-state index contributed by atoms with van der Waals surface area (Å²) < 4.78 is 2.31. The van der Waals surface area contributed by atoms with Gasteiger partial charge in [0, 0.05) is 18.7 Å². The number of pyridine rings is 1. The molecule has 0 atom stereocenters. The molecular weight excluding hydrogens is 200 g/mol. The fourth-order valence-electron chi connectivity index (χ4n) is 2.13. The molecule has 0 unspecified atom stereocenters. The van der Waals surface area contributed by atoms with Crippen LogP contribution in [-0.2, 0) is 6.42 Å². The van der Waals surface area contributed by atoms with Gasteiger partial charge in [0.05, 0.1) is 0 Å². The van der Waals surface area contributed by atoms with Gasteiger partial charge in [0.15, 0.2) is 5.65 Å². The zero-order chi connectivity index (χ0) is 11.0. The molecule has 1 fully saturated rings. The van der Waals surface area contributed by atoms with E-state index in [1.165, 1.54) is 12.8 Å². The molecule has 2 N–H and O–H groups in total. The molecule has 0 aliphatic heterocycles. The van der Waals surface area contributed by atoms with Crippen molar-refractivity contribution >= 4 is 11.2 Å². The van der Waals surface area contributed by atoms with E-state index in [1.807, 2.05) is 18.3 Å². The predicted octanol–water partition coefficient (Wildman–Crippen LogP) is 1.66. The summed E-state index contributed by atoms with van der Waals surface area (Å²) in [5.41, 5.74) is 7.61. The third-order valence-electron chi connectivity index (χ3n) is 3.04. The molecule has 3 rings (SSSR count). The second-order valence-electron chi connectivity index (χ2n) is 4.37. The highest BCUT2D eigenvalue weighted by atomic mass is 15.2. The molecule has 0 spiro atoms. The zero-order valence-corrected chi connectivity index (χ0v) is 9.26. The van der Waals surface area contributed by atoms with Gasteiger partial charge in [-0.1, -0.05) is 0 Å². The molecule has 16 heavy (non-hydrogen) atoms. The topological polar surface area (TPSA) is 56.7 Å². The van der Waals surface area contributed by atoms with E-state index < -0.39 is 0 Å². The van der Waals surface area contributed by atoms with Crippen LogP contribution in [0.3, 0.4) is 0 Å². The first-order valence-corrected chi connectivity index (χ1v) is 5.92. The average molecular weight is 216 g/mol. The SMILES string of the molecule is NCCCc1nc2cccnc2n1C1CC1. The molecule has 84 valence electrons. The van der Waals surface area contributed by atoms with Crippen molar-refractivity contribution in [2.45, 2.75) is 31.7 Å². The van der Waals surface area contributed by atoms with Gasteiger partial charge in [-0.2, -0.15) is 0 Å². The van der Waals surface area contributed by atoms with Gasteiger partial charge in [0.25, 0.3) is 0 Å². The van der Waals surface area contributed by atoms with Gasteiger partial charge < -0.3 is 10.3 Å². The largest absolute Gasteiger partial charge is 0.330 e. The van der Waals surface area contributed by atoms with E-state index in [1.54, 1.807) is 0 Å². The normalized spacial score (nSPS) is 15.8. The van der Waals surface area contributed by atoms with Crippen LogP contribution >= 0.6 is 0 Å². The number of fused-ring (bicyclic) bond motifs is 1. The van der Waals surface area contributed by atoms with Crippen LogP contribution in [0.15, 0.2) is 18.3 Å². The molecule has 1 aliphatic carbocycles. The maximum absolute atomic E-state index is 5.56. The Labute approximate surface area is 94.5 Å². The number of hydrogen-bond donors (Lipinski definition) is 1. The number of nitrogens with two attached hydrogens (primary N) is 1. The van der Waals surface area contributed by atoms with Crippen molar-refractivity contribution in [2.75, 3.05) is 6.54 Å². The Morgan fingerprint density at radius 2 is 2.31 bits per heavy atom. The molecule has 0 amide bonds. The van der Waals surface area contributed by atoms with Crippen molar-refractivity contribution in [3.63, 3.8) is 0 Å². The molecular formula is C12H16N4. The maximum Gasteiger partial charge on any atom is 0.160 e. The Morgan fingerprint density at radius 3 is 3.06 bits per heavy atom. The molecule has 0 radical (unpaired) electrons. The molecule has 2 heterocycles. The van der Waals surface area contributed by atoms with Crippen molar-refractivity contribution < 1.29 is 0 Å². The molecule has 0 aromatic carbocycles. The summed E-state index contributed by atoms with van der Waals surface area (Å²) in [5.74, 6) is 1.15. The van der Waals surface area contributed by atoms with Gasteiger partial charge in [-0.15, -0.1) is 0 Å². The summed E-state index contributed by atoms with van der Waals surface area (Å²) >= 11 is 0. The number of nitrogens with zero attached hydrogens (tertiary/aromatic N) is 3. The Morgan fingerprint density at radius 1 is 1.44 bits per heavy atom. The van der Waals surface area contributed by atoms with Crippen LogP contribution in [0, 0.1) is 0 Å². The summed E-state index contributed by atoms with van der Waals surface area (Å²) in [4.78, 5) is 9.10. The minimum atomic E-state index is 0.632. The number of hydrogen-bond acceptors (Lipinski definition) is 3. The minimum absolute atomic E-state index is 0.632. The summed E-state index contributed by atoms with van der Waals surface area (Å²) in [6.45, 7) is 0.724. The van der Waals surface area contributed by atoms with Gasteiger partial charge in [-0.25, -0.2) is 9.97 Å². The van der Waals surface area contributed by atoms with Crippen LogP contribution in [0.1, 0.15) is 31.1 Å². The minimum Gasteiger partial charge on any atom is -0.330 e. The number of aryl methyl sites for hydroxylation is 1. The highest BCUT2D eigenvalue weighted by Gasteiger charge is 2.28. The highest BCUT2D eigenvalue weighted by molar-refractivity contribution is 5.71. The lowest BCUT2D eigenvalue weighted by molar-refractivity contribution is 0.670. The first kappa shape index (κ1) is 9.78. The van der Waals surface area contributed by atoms with Gasteiger partial charge in [0.1, 0.15) is 11.3 Å². The lowest BCUT2D eigenvalue weighted by Crippen LogP contribution is -2.06. The standard InChI is InChI=1S/C12H16N4/c13-7-1-4-11-15-10-3-2-8-14-12(10)16(11)9-5-6-9/h2-3,8-9H,1,4-7,13H2. The molecule has 0 saturated heterocycles. The summed E-state index contributed by atoms with van der Waals surface area (Å²) in [5, 5.41) is 0. The van der Waals surface area contributed by atoms with Crippen molar-refractivity contribution in [2.24, 2.45) is 5.73 Å². The van der Waals surface area contributed by atoms with E-state index in [4.69, 9.17) is 5.73 Å². The molecule has 2 aromatic rings. The molecule has 2 aromatic heterocycles.